The van der Waals surface area contributed by atoms with Crippen molar-refractivity contribution in [3.8, 4) is 0 Å². The first kappa shape index (κ1) is 16.0. The number of aliphatic hydroxyl groups is 1. The zero-order valence-corrected chi connectivity index (χ0v) is 11.0. The maximum Gasteiger partial charge on any atom is 0.331 e. The van der Waals surface area contributed by atoms with Gasteiger partial charge in [-0.25, -0.2) is 4.79 Å². The Bertz CT molecular complexity index is 302. The summed E-state index contributed by atoms with van der Waals surface area (Å²) in [4.78, 5) is 22.1. The lowest BCUT2D eigenvalue weighted by molar-refractivity contribution is -0.133. The third-order valence-electron chi connectivity index (χ3n) is 2.20. The highest BCUT2D eigenvalue weighted by Crippen LogP contribution is 2.04. The summed E-state index contributed by atoms with van der Waals surface area (Å²) in [6, 6.07) is 0. The van der Waals surface area contributed by atoms with Crippen molar-refractivity contribution < 1.29 is 19.8 Å². The van der Waals surface area contributed by atoms with E-state index in [0.717, 1.165) is 17.9 Å². The number of hydrogen-bond acceptors (Lipinski definition) is 4. The van der Waals surface area contributed by atoms with Gasteiger partial charge in [0.25, 0.3) is 0 Å². The summed E-state index contributed by atoms with van der Waals surface area (Å²) in [6.07, 6.45) is 0.746. The van der Waals surface area contributed by atoms with Gasteiger partial charge in [-0.3, -0.25) is 4.79 Å². The number of carbonyl (C=O) groups excluding carboxylic acids is 1. The van der Waals surface area contributed by atoms with E-state index in [-0.39, 0.29) is 23.7 Å². The summed E-state index contributed by atoms with van der Waals surface area (Å²) in [5, 5.41) is 19.9. The molecule has 3 N–H and O–H groups in total. The Morgan fingerprint density at radius 1 is 1.18 bits per heavy atom. The smallest absolute Gasteiger partial charge is 0.331 e. The van der Waals surface area contributed by atoms with Gasteiger partial charge in [0.15, 0.2) is 0 Å². The van der Waals surface area contributed by atoms with Gasteiger partial charge in [0.1, 0.15) is 0 Å². The molecule has 0 aliphatic rings. The first-order valence-corrected chi connectivity index (χ1v) is 6.53. The summed E-state index contributed by atoms with van der Waals surface area (Å²) >= 11 is 1.64. The number of rotatable bonds is 8. The highest BCUT2D eigenvalue weighted by Gasteiger charge is 2.11. The first-order valence-electron chi connectivity index (χ1n) is 5.38. The first-order chi connectivity index (χ1) is 8.00. The number of carbonyl (C=O) groups is 2. The Balaban J connectivity index is 3.87. The zero-order valence-electron chi connectivity index (χ0n) is 10.2. The van der Waals surface area contributed by atoms with E-state index in [1.807, 2.05) is 0 Å². The second-order valence-corrected chi connectivity index (χ2v) is 4.73. The Kier molecular flexibility index (Phi) is 8.53. The molecule has 5 nitrogen and oxygen atoms in total. The number of carboxylic acid groups (broad SMARTS) is 1. The van der Waals surface area contributed by atoms with Crippen LogP contribution < -0.4 is 5.32 Å². The van der Waals surface area contributed by atoms with Gasteiger partial charge in [0, 0.05) is 30.1 Å². The number of amides is 1. The van der Waals surface area contributed by atoms with E-state index in [1.54, 1.807) is 11.8 Å². The molecule has 0 aromatic heterocycles. The van der Waals surface area contributed by atoms with E-state index in [2.05, 4.69) is 5.32 Å². The number of aliphatic hydroxyl groups excluding tert-OH is 1. The standard InChI is InChI=1S/C11H19NO4S/c1-8(9(2)11(15)16)10(14)12-4-7-17-6-3-5-13/h13H,3-7H2,1-2H3,(H,12,14)(H,15,16). The summed E-state index contributed by atoms with van der Waals surface area (Å²) < 4.78 is 0. The molecule has 0 saturated carbocycles. The maximum atomic E-state index is 11.5. The fourth-order valence-corrected chi connectivity index (χ4v) is 1.75. The van der Waals surface area contributed by atoms with Gasteiger partial charge < -0.3 is 15.5 Å². The van der Waals surface area contributed by atoms with E-state index >= 15 is 0 Å². The molecule has 98 valence electrons. The molecular weight excluding hydrogens is 242 g/mol. The van der Waals surface area contributed by atoms with Gasteiger partial charge >= 0.3 is 5.97 Å². The minimum atomic E-state index is -1.07. The number of carboxylic acids is 1. The maximum absolute atomic E-state index is 11.5. The van der Waals surface area contributed by atoms with Crippen molar-refractivity contribution in [2.75, 3.05) is 24.7 Å². The van der Waals surface area contributed by atoms with Crippen LogP contribution in [0.25, 0.3) is 0 Å². The Morgan fingerprint density at radius 3 is 2.35 bits per heavy atom. The quantitative estimate of drug-likeness (QED) is 0.441. The van der Waals surface area contributed by atoms with Crippen LogP contribution in [0.5, 0.6) is 0 Å². The van der Waals surface area contributed by atoms with E-state index in [1.165, 1.54) is 13.8 Å². The SMILES string of the molecule is CC(C(=O)O)=C(C)C(=O)NCCSCCCO. The Morgan fingerprint density at radius 2 is 1.82 bits per heavy atom. The Hall–Kier alpha value is -1.01. The second kappa shape index (κ2) is 9.07. The van der Waals surface area contributed by atoms with Crippen LogP contribution in [0.4, 0.5) is 0 Å². The van der Waals surface area contributed by atoms with Crippen LogP contribution >= 0.6 is 11.8 Å². The van der Waals surface area contributed by atoms with Gasteiger partial charge in [-0.05, 0) is 26.0 Å². The molecule has 0 aromatic carbocycles. The fraction of sp³-hybridized carbons (Fsp3) is 0.636. The second-order valence-electron chi connectivity index (χ2n) is 3.50. The molecule has 0 unspecified atom stereocenters. The van der Waals surface area contributed by atoms with Crippen LogP contribution in [-0.4, -0.2) is 46.7 Å². The number of thioether (sulfide) groups is 1. The van der Waals surface area contributed by atoms with Crippen LogP contribution in [0.2, 0.25) is 0 Å². The van der Waals surface area contributed by atoms with Crippen molar-refractivity contribution in [3.05, 3.63) is 11.1 Å². The van der Waals surface area contributed by atoms with Crippen molar-refractivity contribution >= 4 is 23.6 Å². The minimum Gasteiger partial charge on any atom is -0.478 e. The number of hydrogen-bond donors (Lipinski definition) is 3. The number of nitrogens with one attached hydrogen (secondary N) is 1. The highest BCUT2D eigenvalue weighted by atomic mass is 32.2. The van der Waals surface area contributed by atoms with Crippen LogP contribution in [0.3, 0.4) is 0 Å². The van der Waals surface area contributed by atoms with Gasteiger partial charge in [0.2, 0.25) is 5.91 Å². The third-order valence-corrected chi connectivity index (χ3v) is 3.27. The van der Waals surface area contributed by atoms with Crippen molar-refractivity contribution in [1.82, 2.24) is 5.32 Å². The molecular formula is C11H19NO4S. The largest absolute Gasteiger partial charge is 0.478 e. The summed E-state index contributed by atoms with van der Waals surface area (Å²) in [7, 11) is 0. The fourth-order valence-electron chi connectivity index (χ4n) is 0.969. The molecule has 0 rings (SSSR count). The highest BCUT2D eigenvalue weighted by molar-refractivity contribution is 7.99. The summed E-state index contributed by atoms with van der Waals surface area (Å²) in [6.45, 7) is 3.59. The van der Waals surface area contributed by atoms with E-state index in [9.17, 15) is 9.59 Å². The molecule has 0 aliphatic carbocycles. The average molecular weight is 261 g/mol. The van der Waals surface area contributed by atoms with Crippen molar-refractivity contribution in [2.45, 2.75) is 20.3 Å². The van der Waals surface area contributed by atoms with Crippen molar-refractivity contribution in [1.29, 1.82) is 0 Å². The molecule has 0 fully saturated rings. The Labute approximate surface area is 105 Å². The molecule has 0 bridgehead atoms. The van der Waals surface area contributed by atoms with Crippen molar-refractivity contribution in [3.63, 3.8) is 0 Å². The number of aliphatic carboxylic acids is 1. The molecule has 6 heteroatoms. The van der Waals surface area contributed by atoms with Crippen LogP contribution in [0.15, 0.2) is 11.1 Å². The zero-order chi connectivity index (χ0) is 13.3. The molecule has 0 radical (unpaired) electrons. The minimum absolute atomic E-state index is 0.0652. The van der Waals surface area contributed by atoms with Gasteiger partial charge in [-0.15, -0.1) is 0 Å². The van der Waals surface area contributed by atoms with Crippen LogP contribution in [-0.2, 0) is 9.59 Å². The normalized spacial score (nSPS) is 11.9. The van der Waals surface area contributed by atoms with E-state index in [0.29, 0.717) is 6.54 Å². The lowest BCUT2D eigenvalue weighted by atomic mass is 10.1. The van der Waals surface area contributed by atoms with Crippen LogP contribution in [0, 0.1) is 0 Å². The lowest BCUT2D eigenvalue weighted by Crippen LogP contribution is -2.27. The summed E-state index contributed by atoms with van der Waals surface area (Å²) in [5.74, 6) is 0.197. The van der Waals surface area contributed by atoms with Gasteiger partial charge in [0.05, 0.1) is 0 Å². The molecule has 0 heterocycles. The molecule has 17 heavy (non-hydrogen) atoms. The monoisotopic (exact) mass is 261 g/mol. The third kappa shape index (κ3) is 7.01. The summed E-state index contributed by atoms with van der Waals surface area (Å²) in [5.41, 5.74) is 0.299. The predicted molar refractivity (Wildman–Crippen MR) is 68.0 cm³/mol. The predicted octanol–water partition coefficient (Wildman–Crippen LogP) is 0.639. The molecule has 1 amide bonds. The molecule has 0 saturated heterocycles. The van der Waals surface area contributed by atoms with Crippen LogP contribution in [0.1, 0.15) is 20.3 Å². The van der Waals surface area contributed by atoms with E-state index in [4.69, 9.17) is 10.2 Å². The molecule has 0 aliphatic heterocycles. The molecule has 0 atom stereocenters. The lowest BCUT2D eigenvalue weighted by Gasteiger charge is -2.06. The molecule has 0 aromatic rings. The van der Waals surface area contributed by atoms with Gasteiger partial charge in [-0.2, -0.15) is 11.8 Å². The topological polar surface area (TPSA) is 86.6 Å². The van der Waals surface area contributed by atoms with Crippen molar-refractivity contribution in [2.24, 2.45) is 0 Å². The average Bonchev–Trinajstić information content (AvgIpc) is 2.31. The molecule has 0 spiro atoms. The van der Waals surface area contributed by atoms with E-state index < -0.39 is 5.97 Å². The van der Waals surface area contributed by atoms with Gasteiger partial charge in [-0.1, -0.05) is 0 Å².